The van der Waals surface area contributed by atoms with E-state index in [9.17, 15) is 0 Å². The first-order valence-corrected chi connectivity index (χ1v) is 14.9. The minimum absolute atomic E-state index is 0.0382. The van der Waals surface area contributed by atoms with Gasteiger partial charge in [-0.3, -0.25) is 9.97 Å². The van der Waals surface area contributed by atoms with E-state index < -0.39 is 0 Å². The molecule has 5 aromatic rings. The molecule has 0 amide bonds. The third-order valence-corrected chi connectivity index (χ3v) is 11.4. The first kappa shape index (κ1) is 24.2. The largest absolute Gasteiger partial charge is 0.260 e. The minimum Gasteiger partial charge on any atom is -0.260 e. The van der Waals surface area contributed by atoms with Crippen LogP contribution in [0, 0.1) is 0 Å². The standard InChI is InChI=1S/C36H38N4/c1-7-36-19-24(28-25(20-36)21-38-27-13-12-22-10-8-17-40(36)31(22)30(27)28)18-23-14-15-37-33-29(23)32-26(11-9-16-39(32)6)34(2,3)35(33,4)5/h8-17,21,24H,7,18-20H2,1-6H3/q+2. The number of pyridine rings is 4. The van der Waals surface area contributed by atoms with E-state index in [1.165, 1.54) is 55.5 Å². The fourth-order valence-corrected chi connectivity index (χ4v) is 8.57. The Morgan fingerprint density at radius 1 is 0.950 bits per heavy atom. The van der Waals surface area contributed by atoms with Crippen molar-refractivity contribution in [2.24, 2.45) is 7.05 Å². The quantitative estimate of drug-likeness (QED) is 0.198. The van der Waals surface area contributed by atoms with Crippen molar-refractivity contribution in [3.63, 3.8) is 0 Å². The maximum atomic E-state index is 5.11. The molecule has 0 fully saturated rings. The Morgan fingerprint density at radius 3 is 2.60 bits per heavy atom. The van der Waals surface area contributed by atoms with Gasteiger partial charge < -0.3 is 0 Å². The van der Waals surface area contributed by atoms with Crippen molar-refractivity contribution < 1.29 is 9.13 Å². The fourth-order valence-electron chi connectivity index (χ4n) is 8.57. The maximum absolute atomic E-state index is 5.11. The molecule has 4 aliphatic rings. The Balaban J connectivity index is 1.39. The molecule has 2 aliphatic carbocycles. The summed E-state index contributed by atoms with van der Waals surface area (Å²) in [4.78, 5) is 10.1. The summed E-state index contributed by atoms with van der Waals surface area (Å²) in [7, 11) is 2.20. The highest BCUT2D eigenvalue weighted by Crippen LogP contribution is 2.54. The summed E-state index contributed by atoms with van der Waals surface area (Å²) < 4.78 is 4.96. The van der Waals surface area contributed by atoms with Crippen LogP contribution in [-0.4, -0.2) is 9.97 Å². The molecule has 1 aromatic carbocycles. The number of hydrogen-bond donors (Lipinski definition) is 0. The van der Waals surface area contributed by atoms with Crippen molar-refractivity contribution in [2.45, 2.75) is 82.6 Å². The highest BCUT2D eigenvalue weighted by atomic mass is 15.1. The van der Waals surface area contributed by atoms with Crippen LogP contribution < -0.4 is 9.13 Å². The van der Waals surface area contributed by atoms with Gasteiger partial charge in [-0.15, -0.1) is 0 Å². The summed E-state index contributed by atoms with van der Waals surface area (Å²) in [5.74, 6) is 0.418. The molecule has 200 valence electrons. The van der Waals surface area contributed by atoms with E-state index in [0.717, 1.165) is 31.2 Å². The lowest BCUT2D eigenvalue weighted by Crippen LogP contribution is -2.58. The molecule has 2 unspecified atom stereocenters. The highest BCUT2D eigenvalue weighted by molar-refractivity contribution is 6.05. The van der Waals surface area contributed by atoms with Crippen LogP contribution >= 0.6 is 0 Å². The van der Waals surface area contributed by atoms with Crippen LogP contribution in [0.5, 0.6) is 0 Å². The Hall–Kier alpha value is -3.66. The van der Waals surface area contributed by atoms with E-state index in [0.29, 0.717) is 5.92 Å². The average Bonchev–Trinajstić information content (AvgIpc) is 3.12. The number of aromatic nitrogens is 4. The highest BCUT2D eigenvalue weighted by Gasteiger charge is 2.53. The smallest absolute Gasteiger partial charge is 0.222 e. The van der Waals surface area contributed by atoms with Crippen molar-refractivity contribution >= 4 is 21.8 Å². The van der Waals surface area contributed by atoms with Gasteiger partial charge in [-0.1, -0.05) is 34.6 Å². The molecule has 0 saturated carbocycles. The summed E-state index contributed by atoms with van der Waals surface area (Å²) in [6.07, 6.45) is 13.1. The Bertz CT molecular complexity index is 1900. The molecule has 0 saturated heterocycles. The molecule has 6 heterocycles. The van der Waals surface area contributed by atoms with Gasteiger partial charge in [-0.25, -0.2) is 4.57 Å². The van der Waals surface area contributed by atoms with E-state index in [2.05, 4.69) is 118 Å². The third-order valence-electron chi connectivity index (χ3n) is 11.4. The van der Waals surface area contributed by atoms with Gasteiger partial charge in [-0.2, -0.15) is 4.57 Å². The molecule has 9 rings (SSSR count). The van der Waals surface area contributed by atoms with Crippen LogP contribution in [0.3, 0.4) is 0 Å². The van der Waals surface area contributed by atoms with Crippen molar-refractivity contribution in [1.82, 2.24) is 9.97 Å². The zero-order valence-electron chi connectivity index (χ0n) is 24.5. The summed E-state index contributed by atoms with van der Waals surface area (Å²) in [5, 5.41) is 2.70. The molecule has 0 spiro atoms. The van der Waals surface area contributed by atoms with E-state index >= 15 is 0 Å². The van der Waals surface area contributed by atoms with Crippen LogP contribution in [0.1, 0.15) is 81.3 Å². The number of hydrogen-bond acceptors (Lipinski definition) is 2. The second-order valence-electron chi connectivity index (χ2n) is 13.7. The Labute approximate surface area is 236 Å². The summed E-state index contributed by atoms with van der Waals surface area (Å²) in [6, 6.07) is 15.8. The number of fused-ring (bicyclic) bond motifs is 4. The molecule has 4 aromatic heterocycles. The Morgan fingerprint density at radius 2 is 1.77 bits per heavy atom. The molecule has 2 atom stereocenters. The maximum Gasteiger partial charge on any atom is 0.222 e. The number of rotatable bonds is 3. The summed E-state index contributed by atoms with van der Waals surface area (Å²) >= 11 is 0. The fraction of sp³-hybridized carbons (Fsp3) is 0.389. The first-order valence-electron chi connectivity index (χ1n) is 14.9. The predicted molar refractivity (Wildman–Crippen MR) is 159 cm³/mol. The molecule has 2 aliphatic heterocycles. The van der Waals surface area contributed by atoms with Crippen LogP contribution in [0.4, 0.5) is 0 Å². The second-order valence-corrected chi connectivity index (χ2v) is 13.7. The lowest BCUT2D eigenvalue weighted by molar-refractivity contribution is -0.743. The van der Waals surface area contributed by atoms with Gasteiger partial charge in [0.1, 0.15) is 7.05 Å². The molecular formula is C36H38N4+2. The van der Waals surface area contributed by atoms with Crippen LogP contribution in [-0.2, 0) is 36.3 Å². The summed E-state index contributed by atoms with van der Waals surface area (Å²) in [5.41, 5.74) is 12.2. The zero-order chi connectivity index (χ0) is 27.6. The van der Waals surface area contributed by atoms with Crippen molar-refractivity contribution in [1.29, 1.82) is 0 Å². The molecule has 40 heavy (non-hydrogen) atoms. The predicted octanol–water partition coefficient (Wildman–Crippen LogP) is 6.52. The molecule has 4 bridgehead atoms. The lowest BCUT2D eigenvalue weighted by atomic mass is 9.57. The number of aryl methyl sites for hydroxylation is 1. The van der Waals surface area contributed by atoms with Crippen molar-refractivity contribution in [2.75, 3.05) is 0 Å². The number of nitrogens with zero attached hydrogens (tertiary/aromatic N) is 4. The van der Waals surface area contributed by atoms with Gasteiger partial charge in [0.15, 0.2) is 17.9 Å². The van der Waals surface area contributed by atoms with Crippen molar-refractivity contribution in [3.05, 3.63) is 95.2 Å². The number of benzene rings is 1. The average molecular weight is 527 g/mol. The monoisotopic (exact) mass is 526 g/mol. The van der Waals surface area contributed by atoms with Gasteiger partial charge in [0.05, 0.1) is 22.2 Å². The van der Waals surface area contributed by atoms with Crippen LogP contribution in [0.25, 0.3) is 33.1 Å². The molecular weight excluding hydrogens is 488 g/mol. The van der Waals surface area contributed by atoms with Crippen LogP contribution in [0.2, 0.25) is 0 Å². The molecule has 4 heteroatoms. The van der Waals surface area contributed by atoms with Gasteiger partial charge in [0, 0.05) is 65.6 Å². The van der Waals surface area contributed by atoms with E-state index in [-0.39, 0.29) is 16.4 Å². The van der Waals surface area contributed by atoms with Gasteiger partial charge >= 0.3 is 0 Å². The third kappa shape index (κ3) is 2.82. The van der Waals surface area contributed by atoms with Crippen molar-refractivity contribution in [3.8, 4) is 11.3 Å². The normalized spacial score (nSPS) is 23.0. The van der Waals surface area contributed by atoms with Crippen LogP contribution in [0.15, 0.2) is 67.3 Å². The Kier molecular flexibility index (Phi) is 4.68. The lowest BCUT2D eigenvalue weighted by Gasteiger charge is -2.46. The first-order chi connectivity index (χ1) is 19.2. The topological polar surface area (TPSA) is 33.5 Å². The molecule has 0 radical (unpaired) electrons. The van der Waals surface area contributed by atoms with Gasteiger partial charge in [0.25, 0.3) is 0 Å². The molecule has 4 nitrogen and oxygen atoms in total. The van der Waals surface area contributed by atoms with Gasteiger partial charge in [0.2, 0.25) is 11.2 Å². The molecule has 0 N–H and O–H groups in total. The zero-order valence-corrected chi connectivity index (χ0v) is 24.5. The SMILES string of the molecule is CCC12Cc3cnc4ccc5ccc[n+]1c5c4c3C(Cc1ccnc3c1-c1c(ccc[n+]1C)C(C)(C)C3(C)C)C2. The minimum atomic E-state index is -0.0971. The van der Waals surface area contributed by atoms with E-state index in [1.807, 2.05) is 0 Å². The van der Waals surface area contributed by atoms with E-state index in [1.54, 1.807) is 0 Å². The van der Waals surface area contributed by atoms with Gasteiger partial charge in [-0.05, 0) is 59.4 Å². The summed E-state index contributed by atoms with van der Waals surface area (Å²) in [6.45, 7) is 11.9. The second kappa shape index (κ2) is 7.75. The van der Waals surface area contributed by atoms with E-state index in [4.69, 9.17) is 9.97 Å².